The zero-order valence-electron chi connectivity index (χ0n) is 16.5. The van der Waals surface area contributed by atoms with E-state index in [-0.39, 0.29) is 17.6 Å². The minimum absolute atomic E-state index is 0.184. The van der Waals surface area contributed by atoms with Gasteiger partial charge in [-0.15, -0.1) is 0 Å². The summed E-state index contributed by atoms with van der Waals surface area (Å²) in [5, 5.41) is 10.2. The van der Waals surface area contributed by atoms with Gasteiger partial charge in [-0.3, -0.25) is 14.7 Å². The molecule has 3 aromatic rings. The molecule has 3 heterocycles. The maximum Gasteiger partial charge on any atom is 0.290 e. The third-order valence-electron chi connectivity index (χ3n) is 5.68. The SMILES string of the molecule is O=C(Nc1ccc(-c2n[nH]c(C3CC3)n2)cc1)C1CCCCN1C(=O)c1ccco1. The van der Waals surface area contributed by atoms with E-state index < -0.39 is 6.04 Å². The lowest BCUT2D eigenvalue weighted by Gasteiger charge is -2.34. The zero-order valence-corrected chi connectivity index (χ0v) is 16.5. The molecule has 8 nitrogen and oxygen atoms in total. The van der Waals surface area contributed by atoms with Gasteiger partial charge in [0.2, 0.25) is 5.91 Å². The molecular formula is C22H23N5O3. The molecule has 1 aromatic carbocycles. The van der Waals surface area contributed by atoms with Gasteiger partial charge in [-0.25, -0.2) is 4.98 Å². The predicted molar refractivity (Wildman–Crippen MR) is 110 cm³/mol. The monoisotopic (exact) mass is 405 g/mol. The first-order valence-corrected chi connectivity index (χ1v) is 10.4. The first-order chi connectivity index (χ1) is 14.7. The highest BCUT2D eigenvalue weighted by molar-refractivity contribution is 6.00. The number of anilines is 1. The summed E-state index contributed by atoms with van der Waals surface area (Å²) in [7, 11) is 0. The Labute approximate surface area is 173 Å². The maximum atomic E-state index is 12.9. The summed E-state index contributed by atoms with van der Waals surface area (Å²) in [6, 6.07) is 10.2. The summed E-state index contributed by atoms with van der Waals surface area (Å²) in [5.41, 5.74) is 1.57. The van der Waals surface area contributed by atoms with Crippen molar-refractivity contribution in [2.24, 2.45) is 0 Å². The fourth-order valence-corrected chi connectivity index (χ4v) is 3.86. The van der Waals surface area contributed by atoms with E-state index in [4.69, 9.17) is 4.42 Å². The van der Waals surface area contributed by atoms with Crippen molar-refractivity contribution in [2.45, 2.75) is 44.1 Å². The number of benzene rings is 1. The molecule has 1 saturated carbocycles. The van der Waals surface area contributed by atoms with Crippen LogP contribution in [0, 0.1) is 0 Å². The van der Waals surface area contributed by atoms with E-state index >= 15 is 0 Å². The average molecular weight is 405 g/mol. The van der Waals surface area contributed by atoms with Crippen LogP contribution in [0.2, 0.25) is 0 Å². The highest BCUT2D eigenvalue weighted by atomic mass is 16.3. The molecule has 0 spiro atoms. The number of furan rings is 1. The van der Waals surface area contributed by atoms with E-state index in [1.54, 1.807) is 17.0 Å². The van der Waals surface area contributed by atoms with Crippen molar-refractivity contribution >= 4 is 17.5 Å². The van der Waals surface area contributed by atoms with Crippen molar-refractivity contribution in [1.29, 1.82) is 0 Å². The first-order valence-electron chi connectivity index (χ1n) is 10.4. The van der Waals surface area contributed by atoms with E-state index in [1.165, 1.54) is 19.1 Å². The normalized spacial score (nSPS) is 18.9. The molecule has 1 aliphatic carbocycles. The van der Waals surface area contributed by atoms with Gasteiger partial charge in [-0.1, -0.05) is 0 Å². The second kappa shape index (κ2) is 7.78. The van der Waals surface area contributed by atoms with Gasteiger partial charge in [-0.05, 0) is 68.5 Å². The Bertz CT molecular complexity index is 1040. The molecule has 0 bridgehead atoms. The van der Waals surface area contributed by atoms with E-state index in [9.17, 15) is 9.59 Å². The second-order valence-corrected chi connectivity index (χ2v) is 7.87. The molecule has 30 heavy (non-hydrogen) atoms. The van der Waals surface area contributed by atoms with Crippen molar-refractivity contribution in [3.8, 4) is 11.4 Å². The largest absolute Gasteiger partial charge is 0.459 e. The smallest absolute Gasteiger partial charge is 0.290 e. The fourth-order valence-electron chi connectivity index (χ4n) is 3.86. The Morgan fingerprint density at radius 1 is 1.10 bits per heavy atom. The number of nitrogens with zero attached hydrogens (tertiary/aromatic N) is 3. The van der Waals surface area contributed by atoms with Crippen LogP contribution >= 0.6 is 0 Å². The van der Waals surface area contributed by atoms with Crippen LogP contribution in [0.15, 0.2) is 47.1 Å². The maximum absolute atomic E-state index is 12.9. The number of aromatic nitrogens is 3. The fraction of sp³-hybridized carbons (Fsp3) is 0.364. The number of H-pyrrole nitrogens is 1. The summed E-state index contributed by atoms with van der Waals surface area (Å²) in [6.45, 7) is 0.546. The number of hydrogen-bond acceptors (Lipinski definition) is 5. The van der Waals surface area contributed by atoms with E-state index in [2.05, 4.69) is 20.5 Å². The summed E-state index contributed by atoms with van der Waals surface area (Å²) < 4.78 is 5.23. The second-order valence-electron chi connectivity index (χ2n) is 7.87. The van der Waals surface area contributed by atoms with Crippen molar-refractivity contribution in [1.82, 2.24) is 20.1 Å². The topological polar surface area (TPSA) is 104 Å². The van der Waals surface area contributed by atoms with Gasteiger partial charge in [0.25, 0.3) is 5.91 Å². The van der Waals surface area contributed by atoms with E-state index in [1.807, 2.05) is 24.3 Å². The number of carbonyl (C=O) groups is 2. The molecule has 154 valence electrons. The van der Waals surface area contributed by atoms with Crippen LogP contribution in [-0.2, 0) is 4.79 Å². The molecule has 2 aliphatic rings. The molecule has 2 aromatic heterocycles. The van der Waals surface area contributed by atoms with Crippen molar-refractivity contribution in [3.05, 3.63) is 54.2 Å². The number of hydrogen-bond donors (Lipinski definition) is 2. The third-order valence-corrected chi connectivity index (χ3v) is 5.68. The molecule has 1 unspecified atom stereocenters. The first kappa shape index (κ1) is 18.6. The standard InChI is InChI=1S/C22H23N5O3/c28-21(17-4-1-2-12-27(17)22(29)18-5-3-13-30-18)23-16-10-8-15(9-11-16)20-24-19(25-26-20)14-6-7-14/h3,5,8-11,13-14,17H,1-2,4,6-7,12H2,(H,23,28)(H,24,25,26). The van der Waals surface area contributed by atoms with Gasteiger partial charge >= 0.3 is 0 Å². The Morgan fingerprint density at radius 2 is 1.93 bits per heavy atom. The highest BCUT2D eigenvalue weighted by Crippen LogP contribution is 2.38. The van der Waals surface area contributed by atoms with Gasteiger partial charge < -0.3 is 14.6 Å². The van der Waals surface area contributed by atoms with Crippen molar-refractivity contribution < 1.29 is 14.0 Å². The van der Waals surface area contributed by atoms with Crippen molar-refractivity contribution in [2.75, 3.05) is 11.9 Å². The molecule has 8 heteroatoms. The number of piperidine rings is 1. The third kappa shape index (κ3) is 3.72. The van der Waals surface area contributed by atoms with Gasteiger partial charge in [0.05, 0.1) is 6.26 Å². The lowest BCUT2D eigenvalue weighted by atomic mass is 10.0. The predicted octanol–water partition coefficient (Wildman–Crippen LogP) is 3.58. The molecule has 2 amide bonds. The molecule has 2 fully saturated rings. The number of carbonyl (C=O) groups excluding carboxylic acids is 2. The summed E-state index contributed by atoms with van der Waals surface area (Å²) in [4.78, 5) is 31.8. The highest BCUT2D eigenvalue weighted by Gasteiger charge is 2.33. The lowest BCUT2D eigenvalue weighted by Crippen LogP contribution is -2.49. The average Bonchev–Trinajstić information content (AvgIpc) is 3.27. The van der Waals surface area contributed by atoms with Crippen LogP contribution in [-0.4, -0.2) is 44.5 Å². The van der Waals surface area contributed by atoms with Crippen LogP contribution in [0.25, 0.3) is 11.4 Å². The summed E-state index contributed by atoms with van der Waals surface area (Å²) in [6.07, 6.45) is 6.23. The molecule has 0 radical (unpaired) electrons. The molecule has 5 rings (SSSR count). The minimum Gasteiger partial charge on any atom is -0.459 e. The van der Waals surface area contributed by atoms with Gasteiger partial charge in [0.15, 0.2) is 11.6 Å². The van der Waals surface area contributed by atoms with E-state index in [0.717, 1.165) is 24.2 Å². The number of nitrogens with one attached hydrogen (secondary N) is 2. The van der Waals surface area contributed by atoms with Crippen LogP contribution in [0.3, 0.4) is 0 Å². The summed E-state index contributed by atoms with van der Waals surface area (Å²) >= 11 is 0. The van der Waals surface area contributed by atoms with Crippen LogP contribution < -0.4 is 5.32 Å². The van der Waals surface area contributed by atoms with Crippen molar-refractivity contribution in [3.63, 3.8) is 0 Å². The van der Waals surface area contributed by atoms with Crippen LogP contribution in [0.5, 0.6) is 0 Å². The van der Waals surface area contributed by atoms with Gasteiger partial charge in [-0.2, -0.15) is 5.10 Å². The van der Waals surface area contributed by atoms with Crippen LogP contribution in [0.4, 0.5) is 5.69 Å². The van der Waals surface area contributed by atoms with Gasteiger partial charge in [0, 0.05) is 23.7 Å². The number of rotatable bonds is 5. The number of amides is 2. The number of aromatic amines is 1. The Morgan fingerprint density at radius 3 is 2.67 bits per heavy atom. The Kier molecular flexibility index (Phi) is 4.82. The Balaban J connectivity index is 1.27. The molecule has 1 atom stereocenters. The molecule has 1 aliphatic heterocycles. The molecule has 1 saturated heterocycles. The summed E-state index contributed by atoms with van der Waals surface area (Å²) in [5.74, 6) is 1.96. The van der Waals surface area contributed by atoms with E-state index in [0.29, 0.717) is 30.4 Å². The molecular weight excluding hydrogens is 382 g/mol. The Hall–Kier alpha value is -3.42. The van der Waals surface area contributed by atoms with Crippen LogP contribution in [0.1, 0.15) is 54.4 Å². The number of likely N-dealkylation sites (tertiary alicyclic amines) is 1. The lowest BCUT2D eigenvalue weighted by molar-refractivity contribution is -0.121. The minimum atomic E-state index is -0.509. The van der Waals surface area contributed by atoms with Gasteiger partial charge in [0.1, 0.15) is 11.9 Å². The molecule has 2 N–H and O–H groups in total. The quantitative estimate of drug-likeness (QED) is 0.675. The zero-order chi connectivity index (χ0) is 20.5.